The Morgan fingerprint density at radius 3 is 2.58 bits per heavy atom. The number of rotatable bonds is 1. The predicted molar refractivity (Wildman–Crippen MR) is 53.4 cm³/mol. The summed E-state index contributed by atoms with van der Waals surface area (Å²) in [6, 6.07) is 0. The van der Waals surface area contributed by atoms with Crippen molar-refractivity contribution in [2.24, 2.45) is 5.92 Å². The zero-order chi connectivity index (χ0) is 8.60. The van der Waals surface area contributed by atoms with Gasteiger partial charge < -0.3 is 5.11 Å². The van der Waals surface area contributed by atoms with Gasteiger partial charge in [0.05, 0.1) is 5.60 Å². The van der Waals surface area contributed by atoms with Gasteiger partial charge in [0.25, 0.3) is 0 Å². The van der Waals surface area contributed by atoms with Crippen molar-refractivity contribution in [1.82, 2.24) is 0 Å². The van der Waals surface area contributed by atoms with Crippen LogP contribution in [0.4, 0.5) is 0 Å². The van der Waals surface area contributed by atoms with E-state index in [-0.39, 0.29) is 5.60 Å². The molecule has 1 heterocycles. The van der Waals surface area contributed by atoms with Gasteiger partial charge in [0, 0.05) is 5.25 Å². The molecule has 0 spiro atoms. The Morgan fingerprint density at radius 2 is 2.08 bits per heavy atom. The lowest BCUT2D eigenvalue weighted by atomic mass is 9.69. The summed E-state index contributed by atoms with van der Waals surface area (Å²) in [4.78, 5) is 0. The topological polar surface area (TPSA) is 20.2 Å². The lowest BCUT2D eigenvalue weighted by Crippen LogP contribution is -2.50. The van der Waals surface area contributed by atoms with E-state index in [9.17, 15) is 5.11 Å². The molecule has 12 heavy (non-hydrogen) atoms. The average molecular weight is 186 g/mol. The molecule has 1 N–H and O–H groups in total. The summed E-state index contributed by atoms with van der Waals surface area (Å²) in [5.74, 6) is 1.87. The molecular weight excluding hydrogens is 168 g/mol. The van der Waals surface area contributed by atoms with Crippen molar-refractivity contribution < 1.29 is 5.11 Å². The molecule has 2 aliphatic rings. The first kappa shape index (κ1) is 8.89. The van der Waals surface area contributed by atoms with E-state index in [0.717, 1.165) is 6.42 Å². The molecule has 2 unspecified atom stereocenters. The quantitative estimate of drug-likeness (QED) is 0.678. The first-order valence-corrected chi connectivity index (χ1v) is 6.12. The van der Waals surface area contributed by atoms with Crippen LogP contribution in [0.1, 0.15) is 39.0 Å². The molecule has 1 saturated carbocycles. The van der Waals surface area contributed by atoms with Crippen molar-refractivity contribution in [3.8, 4) is 0 Å². The van der Waals surface area contributed by atoms with Crippen molar-refractivity contribution in [3.63, 3.8) is 0 Å². The van der Waals surface area contributed by atoms with E-state index in [2.05, 4.69) is 6.92 Å². The second kappa shape index (κ2) is 3.22. The zero-order valence-corrected chi connectivity index (χ0v) is 8.57. The van der Waals surface area contributed by atoms with Gasteiger partial charge in [-0.05, 0) is 37.4 Å². The normalized spacial score (nSPS) is 44.0. The number of hydrogen-bond donors (Lipinski definition) is 1. The summed E-state index contributed by atoms with van der Waals surface area (Å²) in [5, 5.41) is 10.9. The molecule has 0 radical (unpaired) electrons. The fourth-order valence-corrected chi connectivity index (χ4v) is 3.67. The summed E-state index contributed by atoms with van der Waals surface area (Å²) in [6.07, 6.45) is 6.13. The lowest BCUT2D eigenvalue weighted by molar-refractivity contribution is -0.0576. The van der Waals surface area contributed by atoms with E-state index in [0.29, 0.717) is 11.2 Å². The van der Waals surface area contributed by atoms with Crippen molar-refractivity contribution >= 4 is 11.8 Å². The maximum absolute atomic E-state index is 10.4. The summed E-state index contributed by atoms with van der Waals surface area (Å²) in [7, 11) is 0. The van der Waals surface area contributed by atoms with Crippen molar-refractivity contribution in [2.45, 2.75) is 49.9 Å². The first-order chi connectivity index (χ1) is 5.73. The van der Waals surface area contributed by atoms with Gasteiger partial charge >= 0.3 is 0 Å². The van der Waals surface area contributed by atoms with Crippen LogP contribution in [0.15, 0.2) is 0 Å². The van der Waals surface area contributed by atoms with E-state index >= 15 is 0 Å². The fourth-order valence-electron chi connectivity index (χ4n) is 2.41. The van der Waals surface area contributed by atoms with Crippen LogP contribution in [-0.4, -0.2) is 21.7 Å². The van der Waals surface area contributed by atoms with Crippen molar-refractivity contribution in [2.75, 3.05) is 5.75 Å². The summed E-state index contributed by atoms with van der Waals surface area (Å²) >= 11 is 1.95. The molecule has 1 saturated heterocycles. The molecule has 1 aliphatic heterocycles. The van der Waals surface area contributed by atoms with Gasteiger partial charge in [-0.2, -0.15) is 11.8 Å². The van der Waals surface area contributed by atoms with Crippen molar-refractivity contribution in [1.29, 1.82) is 0 Å². The molecule has 0 amide bonds. The van der Waals surface area contributed by atoms with Crippen LogP contribution in [0.25, 0.3) is 0 Å². The van der Waals surface area contributed by atoms with Crippen LogP contribution in [0.2, 0.25) is 0 Å². The highest BCUT2D eigenvalue weighted by Gasteiger charge is 2.45. The minimum Gasteiger partial charge on any atom is -0.388 e. The summed E-state index contributed by atoms with van der Waals surface area (Å²) in [6.45, 7) is 2.20. The molecule has 0 aromatic heterocycles. The molecule has 1 aliphatic carbocycles. The van der Waals surface area contributed by atoms with Gasteiger partial charge in [0.15, 0.2) is 0 Å². The monoisotopic (exact) mass is 186 g/mol. The SMILES string of the molecule is CC1SCCCC1(O)C1CCC1. The van der Waals surface area contributed by atoms with Crippen LogP contribution in [0.3, 0.4) is 0 Å². The maximum atomic E-state index is 10.4. The molecule has 0 bridgehead atoms. The van der Waals surface area contributed by atoms with Crippen LogP contribution >= 0.6 is 11.8 Å². The molecular formula is C10H18OS. The van der Waals surface area contributed by atoms with E-state index in [1.54, 1.807) is 0 Å². The molecule has 2 fully saturated rings. The van der Waals surface area contributed by atoms with Crippen LogP contribution in [-0.2, 0) is 0 Å². The third-order valence-corrected chi connectivity index (χ3v) is 5.04. The fraction of sp³-hybridized carbons (Fsp3) is 1.00. The number of aliphatic hydroxyl groups is 1. The average Bonchev–Trinajstić information content (AvgIpc) is 1.92. The lowest BCUT2D eigenvalue weighted by Gasteiger charge is -2.47. The first-order valence-electron chi connectivity index (χ1n) is 5.07. The summed E-state index contributed by atoms with van der Waals surface area (Å²) in [5.41, 5.74) is -0.304. The molecule has 2 atom stereocenters. The molecule has 70 valence electrons. The third-order valence-electron chi connectivity index (χ3n) is 3.61. The van der Waals surface area contributed by atoms with Gasteiger partial charge in [-0.1, -0.05) is 13.3 Å². The third kappa shape index (κ3) is 1.29. The Bertz CT molecular complexity index is 163. The Hall–Kier alpha value is 0.310. The minimum absolute atomic E-state index is 0.304. The Kier molecular flexibility index (Phi) is 2.39. The van der Waals surface area contributed by atoms with E-state index in [1.165, 1.54) is 31.4 Å². The Morgan fingerprint density at radius 1 is 1.33 bits per heavy atom. The minimum atomic E-state index is -0.304. The Balaban J connectivity index is 2.04. The Labute approximate surface area is 78.9 Å². The molecule has 1 nitrogen and oxygen atoms in total. The van der Waals surface area contributed by atoms with E-state index in [1.807, 2.05) is 11.8 Å². The standard InChI is InChI=1S/C10H18OS/c1-8-10(11,6-3-7-12-8)9-4-2-5-9/h8-9,11H,2-7H2,1H3. The van der Waals surface area contributed by atoms with E-state index in [4.69, 9.17) is 0 Å². The highest BCUT2D eigenvalue weighted by Crippen LogP contribution is 2.46. The second-order valence-electron chi connectivity index (χ2n) is 4.24. The smallest absolute Gasteiger partial charge is 0.0791 e. The van der Waals surface area contributed by atoms with Gasteiger partial charge in [-0.25, -0.2) is 0 Å². The van der Waals surface area contributed by atoms with Crippen LogP contribution in [0, 0.1) is 5.92 Å². The maximum Gasteiger partial charge on any atom is 0.0791 e. The van der Waals surface area contributed by atoms with Crippen molar-refractivity contribution in [3.05, 3.63) is 0 Å². The van der Waals surface area contributed by atoms with E-state index < -0.39 is 0 Å². The molecule has 2 rings (SSSR count). The van der Waals surface area contributed by atoms with Gasteiger partial charge in [-0.15, -0.1) is 0 Å². The van der Waals surface area contributed by atoms with Crippen LogP contribution in [0.5, 0.6) is 0 Å². The highest BCUT2D eigenvalue weighted by molar-refractivity contribution is 8.00. The molecule has 0 aromatic rings. The largest absolute Gasteiger partial charge is 0.388 e. The number of hydrogen-bond acceptors (Lipinski definition) is 2. The zero-order valence-electron chi connectivity index (χ0n) is 7.75. The van der Waals surface area contributed by atoms with Gasteiger partial charge in [0.1, 0.15) is 0 Å². The molecule has 0 aromatic carbocycles. The second-order valence-corrected chi connectivity index (χ2v) is 5.68. The predicted octanol–water partition coefficient (Wildman–Crippen LogP) is 2.43. The van der Waals surface area contributed by atoms with Gasteiger partial charge in [0.2, 0.25) is 0 Å². The number of thioether (sulfide) groups is 1. The molecule has 2 heteroatoms. The highest BCUT2D eigenvalue weighted by atomic mass is 32.2. The van der Waals surface area contributed by atoms with Gasteiger partial charge in [-0.3, -0.25) is 0 Å². The van der Waals surface area contributed by atoms with Crippen LogP contribution < -0.4 is 0 Å². The summed E-state index contributed by atoms with van der Waals surface area (Å²) < 4.78 is 0.